The molecule has 0 bridgehead atoms. The van der Waals surface area contributed by atoms with Crippen LogP contribution in [0.4, 0.5) is 26.3 Å². The molecule has 0 unspecified atom stereocenters. The lowest BCUT2D eigenvalue weighted by molar-refractivity contribution is -0.277. The largest absolute Gasteiger partial charge is 0.574 e. The number of esters is 1. The van der Waals surface area contributed by atoms with Crippen molar-refractivity contribution in [3.8, 4) is 5.88 Å². The Kier molecular flexibility index (Phi) is 4.79. The van der Waals surface area contributed by atoms with E-state index in [-0.39, 0.29) is 6.61 Å². The van der Waals surface area contributed by atoms with Crippen molar-refractivity contribution >= 4 is 5.97 Å². The predicted molar refractivity (Wildman–Crippen MR) is 51.8 cm³/mol. The van der Waals surface area contributed by atoms with Crippen LogP contribution in [0.25, 0.3) is 0 Å². The van der Waals surface area contributed by atoms with E-state index in [1.54, 1.807) is 0 Å². The van der Waals surface area contributed by atoms with E-state index in [1.807, 2.05) is 0 Å². The number of alkyl halides is 5. The van der Waals surface area contributed by atoms with Crippen molar-refractivity contribution in [1.82, 2.24) is 4.98 Å². The average Bonchev–Trinajstić information content (AvgIpc) is 2.29. The molecule has 112 valence electrons. The van der Waals surface area contributed by atoms with Gasteiger partial charge in [-0.1, -0.05) is 0 Å². The van der Waals surface area contributed by atoms with Crippen LogP contribution in [-0.4, -0.2) is 23.9 Å². The molecule has 1 aromatic rings. The van der Waals surface area contributed by atoms with Gasteiger partial charge in [-0.15, -0.1) is 13.2 Å². The summed E-state index contributed by atoms with van der Waals surface area (Å²) < 4.78 is 81.9. The third-order valence-corrected chi connectivity index (χ3v) is 1.89. The summed E-state index contributed by atoms with van der Waals surface area (Å²) in [6.45, 7) is 1.21. The van der Waals surface area contributed by atoms with Crippen LogP contribution in [0.2, 0.25) is 0 Å². The lowest BCUT2D eigenvalue weighted by atomic mass is 10.2. The zero-order chi connectivity index (χ0) is 15.5. The molecule has 1 heterocycles. The van der Waals surface area contributed by atoms with E-state index in [0.29, 0.717) is 6.07 Å². The van der Waals surface area contributed by atoms with Crippen LogP contribution >= 0.6 is 0 Å². The molecule has 0 amide bonds. The fraction of sp³-hybridized carbons (Fsp3) is 0.400. The Balaban J connectivity index is 3.31. The molecule has 0 aliphatic carbocycles. The number of carbonyl (C=O) groups is 1. The first-order valence-corrected chi connectivity index (χ1v) is 5.07. The quantitative estimate of drug-likeness (QED) is 0.633. The molecule has 0 radical (unpaired) electrons. The van der Waals surface area contributed by atoms with Gasteiger partial charge in [0.25, 0.3) is 12.3 Å². The van der Waals surface area contributed by atoms with Crippen LogP contribution in [0.1, 0.15) is 29.4 Å². The van der Waals surface area contributed by atoms with Crippen LogP contribution in [0.15, 0.2) is 6.07 Å². The monoisotopic (exact) mass is 303 g/mol. The van der Waals surface area contributed by atoms with Gasteiger partial charge < -0.3 is 9.47 Å². The Hall–Kier alpha value is -2.00. The Morgan fingerprint density at radius 2 is 2.00 bits per heavy atom. The Bertz CT molecular complexity index is 503. The summed E-state index contributed by atoms with van der Waals surface area (Å²) in [6.07, 6.45) is -8.80. The van der Waals surface area contributed by atoms with Crippen molar-refractivity contribution in [2.45, 2.75) is 19.7 Å². The first-order chi connectivity index (χ1) is 9.15. The minimum atomic E-state index is -5.35. The second-order valence-electron chi connectivity index (χ2n) is 3.28. The zero-order valence-electron chi connectivity index (χ0n) is 9.80. The fourth-order valence-electron chi connectivity index (χ4n) is 1.17. The summed E-state index contributed by atoms with van der Waals surface area (Å²) >= 11 is 0. The van der Waals surface area contributed by atoms with E-state index in [9.17, 15) is 31.1 Å². The zero-order valence-corrected chi connectivity index (χ0v) is 9.80. The third-order valence-electron chi connectivity index (χ3n) is 1.89. The molecule has 0 fully saturated rings. The molecule has 0 aliphatic rings. The molecule has 0 saturated heterocycles. The maximum absolute atomic E-state index is 13.4. The van der Waals surface area contributed by atoms with Gasteiger partial charge in [0.1, 0.15) is 0 Å². The van der Waals surface area contributed by atoms with Crippen molar-refractivity contribution in [1.29, 1.82) is 0 Å². The van der Waals surface area contributed by atoms with Gasteiger partial charge >= 0.3 is 12.3 Å². The van der Waals surface area contributed by atoms with E-state index in [2.05, 4.69) is 14.5 Å². The van der Waals surface area contributed by atoms with E-state index < -0.39 is 41.7 Å². The van der Waals surface area contributed by atoms with Crippen LogP contribution in [0.3, 0.4) is 0 Å². The third kappa shape index (κ3) is 4.00. The van der Waals surface area contributed by atoms with Gasteiger partial charge in [-0.2, -0.15) is 0 Å². The van der Waals surface area contributed by atoms with Crippen molar-refractivity contribution in [2.24, 2.45) is 0 Å². The minimum absolute atomic E-state index is 0.169. The predicted octanol–water partition coefficient (Wildman–Crippen LogP) is 3.23. The molecule has 0 atom stereocenters. The van der Waals surface area contributed by atoms with Gasteiger partial charge in [0.15, 0.2) is 11.5 Å². The average molecular weight is 303 g/mol. The number of aromatic nitrogens is 1. The van der Waals surface area contributed by atoms with E-state index >= 15 is 0 Å². The number of hydrogen-bond donors (Lipinski definition) is 0. The standard InChI is InChI=1S/C10H7F6NO3/c1-2-19-9(18)5-3-4(7(12)13)6(11)8(17-5)20-10(14,15)16/h3,7H,2H2,1H3. The Morgan fingerprint density at radius 3 is 2.45 bits per heavy atom. The van der Waals surface area contributed by atoms with Gasteiger partial charge in [-0.25, -0.2) is 22.9 Å². The number of halogens is 6. The smallest absolute Gasteiger partial charge is 0.461 e. The van der Waals surface area contributed by atoms with Gasteiger partial charge in [0.05, 0.1) is 12.2 Å². The van der Waals surface area contributed by atoms with Crippen LogP contribution in [0, 0.1) is 5.82 Å². The molecule has 0 N–H and O–H groups in total. The van der Waals surface area contributed by atoms with Crippen LogP contribution < -0.4 is 4.74 Å². The molecule has 20 heavy (non-hydrogen) atoms. The molecule has 1 rings (SSSR count). The minimum Gasteiger partial charge on any atom is -0.461 e. The second kappa shape index (κ2) is 5.97. The summed E-state index contributed by atoms with van der Waals surface area (Å²) in [7, 11) is 0. The molecule has 0 aliphatic heterocycles. The maximum atomic E-state index is 13.4. The highest BCUT2D eigenvalue weighted by atomic mass is 19.4. The van der Waals surface area contributed by atoms with Crippen molar-refractivity contribution in [3.63, 3.8) is 0 Å². The van der Waals surface area contributed by atoms with Gasteiger partial charge in [-0.3, -0.25) is 0 Å². The van der Waals surface area contributed by atoms with Crippen LogP contribution in [-0.2, 0) is 4.74 Å². The number of ether oxygens (including phenoxy) is 2. The fourth-order valence-corrected chi connectivity index (χ4v) is 1.17. The first-order valence-electron chi connectivity index (χ1n) is 5.07. The molecule has 1 aromatic heterocycles. The maximum Gasteiger partial charge on any atom is 0.574 e. The highest BCUT2D eigenvalue weighted by molar-refractivity contribution is 5.87. The lowest BCUT2D eigenvalue weighted by Crippen LogP contribution is -2.21. The van der Waals surface area contributed by atoms with E-state index in [0.717, 1.165) is 0 Å². The topological polar surface area (TPSA) is 48.4 Å². The molecular formula is C10H7F6NO3. The highest BCUT2D eigenvalue weighted by Crippen LogP contribution is 2.31. The van der Waals surface area contributed by atoms with E-state index in [4.69, 9.17) is 0 Å². The Labute approximate surface area is 108 Å². The normalized spacial score (nSPS) is 11.6. The van der Waals surface area contributed by atoms with Crippen LogP contribution in [0.5, 0.6) is 5.88 Å². The number of hydrogen-bond acceptors (Lipinski definition) is 4. The lowest BCUT2D eigenvalue weighted by Gasteiger charge is -2.12. The van der Waals surface area contributed by atoms with Crippen molar-refractivity contribution in [3.05, 3.63) is 23.1 Å². The molecule has 4 nitrogen and oxygen atoms in total. The number of rotatable bonds is 4. The molecule has 0 saturated carbocycles. The molecule has 10 heteroatoms. The highest BCUT2D eigenvalue weighted by Gasteiger charge is 2.35. The summed E-state index contributed by atoms with van der Waals surface area (Å²) in [6, 6.07) is 0.307. The summed E-state index contributed by atoms with van der Waals surface area (Å²) in [4.78, 5) is 14.2. The first kappa shape index (κ1) is 16.1. The van der Waals surface area contributed by atoms with Gasteiger partial charge in [0.2, 0.25) is 0 Å². The number of carbonyl (C=O) groups excluding carboxylic acids is 1. The van der Waals surface area contributed by atoms with E-state index in [1.165, 1.54) is 6.92 Å². The molecule has 0 aromatic carbocycles. The SMILES string of the molecule is CCOC(=O)c1cc(C(F)F)c(F)c(OC(F)(F)F)n1. The van der Waals surface area contributed by atoms with Crippen molar-refractivity contribution < 1.29 is 40.6 Å². The molecule has 0 spiro atoms. The Morgan fingerprint density at radius 1 is 1.40 bits per heavy atom. The molecular weight excluding hydrogens is 296 g/mol. The van der Waals surface area contributed by atoms with Crippen molar-refractivity contribution in [2.75, 3.05) is 6.61 Å². The van der Waals surface area contributed by atoms with Gasteiger partial charge in [-0.05, 0) is 13.0 Å². The van der Waals surface area contributed by atoms with Gasteiger partial charge in [0, 0.05) is 0 Å². The second-order valence-corrected chi connectivity index (χ2v) is 3.28. The summed E-state index contributed by atoms with van der Waals surface area (Å²) in [5.41, 5.74) is -2.36. The summed E-state index contributed by atoms with van der Waals surface area (Å²) in [5.74, 6) is -5.04. The number of pyridine rings is 1. The summed E-state index contributed by atoms with van der Waals surface area (Å²) in [5, 5.41) is 0. The number of nitrogens with zero attached hydrogens (tertiary/aromatic N) is 1.